The smallest absolute Gasteiger partial charge is 0.225 e. The minimum Gasteiger partial charge on any atom is -0.508 e. The summed E-state index contributed by atoms with van der Waals surface area (Å²) < 4.78 is 0. The van der Waals surface area contributed by atoms with E-state index in [2.05, 4.69) is 5.32 Å². The van der Waals surface area contributed by atoms with Crippen molar-refractivity contribution >= 4 is 11.8 Å². The Balaban J connectivity index is 1.53. The first kappa shape index (κ1) is 18.0. The monoisotopic (exact) mass is 352 g/mol. The number of aromatic hydroxyl groups is 1. The predicted octanol–water partition coefficient (Wildman–Crippen LogP) is 2.66. The zero-order valence-corrected chi connectivity index (χ0v) is 14.9. The summed E-state index contributed by atoms with van der Waals surface area (Å²) in [6.07, 6.45) is 1.05. The molecule has 1 aliphatic rings. The van der Waals surface area contributed by atoms with E-state index in [1.165, 1.54) is 5.56 Å². The molecule has 2 atom stereocenters. The Morgan fingerprint density at radius 1 is 1.23 bits per heavy atom. The molecule has 1 saturated heterocycles. The van der Waals surface area contributed by atoms with Gasteiger partial charge in [-0.1, -0.05) is 42.5 Å². The summed E-state index contributed by atoms with van der Waals surface area (Å²) in [5.74, 6) is -0.229. The third-order valence-corrected chi connectivity index (χ3v) is 4.83. The van der Waals surface area contributed by atoms with Gasteiger partial charge in [0.15, 0.2) is 0 Å². The van der Waals surface area contributed by atoms with Crippen molar-refractivity contribution in [1.29, 1.82) is 0 Å². The molecule has 2 aromatic carbocycles. The average Bonchev–Trinajstić information content (AvgIpc) is 3.02. The Labute approximate surface area is 153 Å². The maximum absolute atomic E-state index is 12.5. The second kappa shape index (κ2) is 8.04. The van der Waals surface area contributed by atoms with Crippen molar-refractivity contribution in [2.45, 2.75) is 25.8 Å². The summed E-state index contributed by atoms with van der Waals surface area (Å²) in [6.45, 7) is 2.97. The Bertz CT molecular complexity index is 776. The fourth-order valence-electron chi connectivity index (χ4n) is 3.28. The fraction of sp³-hybridized carbons (Fsp3) is 0.333. The lowest BCUT2D eigenvalue weighted by Crippen LogP contribution is -2.35. The first-order valence-electron chi connectivity index (χ1n) is 8.94. The van der Waals surface area contributed by atoms with E-state index >= 15 is 0 Å². The molecule has 0 radical (unpaired) electrons. The van der Waals surface area contributed by atoms with Gasteiger partial charge < -0.3 is 15.3 Å². The molecule has 136 valence electrons. The van der Waals surface area contributed by atoms with Crippen LogP contribution >= 0.6 is 0 Å². The minimum atomic E-state index is -0.321. The maximum atomic E-state index is 12.5. The highest BCUT2D eigenvalue weighted by Gasteiger charge is 2.34. The lowest BCUT2D eigenvalue weighted by molar-refractivity contribution is -0.129. The number of carbonyl (C=O) groups is 2. The van der Waals surface area contributed by atoms with Gasteiger partial charge in [-0.2, -0.15) is 0 Å². The number of nitrogens with one attached hydrogen (secondary N) is 1. The molecule has 0 spiro atoms. The van der Waals surface area contributed by atoms with Gasteiger partial charge in [0.1, 0.15) is 5.75 Å². The highest BCUT2D eigenvalue weighted by atomic mass is 16.3. The van der Waals surface area contributed by atoms with Crippen LogP contribution in [-0.4, -0.2) is 34.9 Å². The third kappa shape index (κ3) is 4.42. The van der Waals surface area contributed by atoms with Crippen molar-refractivity contribution in [2.24, 2.45) is 5.92 Å². The molecule has 0 aromatic heterocycles. The van der Waals surface area contributed by atoms with Gasteiger partial charge in [-0.3, -0.25) is 9.59 Å². The normalized spacial score (nSPS) is 18.0. The molecular weight excluding hydrogens is 328 g/mol. The van der Waals surface area contributed by atoms with E-state index in [0.29, 0.717) is 13.1 Å². The van der Waals surface area contributed by atoms with Gasteiger partial charge in [0.25, 0.3) is 0 Å². The molecule has 2 aromatic rings. The van der Waals surface area contributed by atoms with Crippen LogP contribution in [0.25, 0.3) is 0 Å². The van der Waals surface area contributed by atoms with Gasteiger partial charge in [-0.25, -0.2) is 0 Å². The molecule has 2 unspecified atom stereocenters. The molecule has 0 saturated carbocycles. The molecule has 3 rings (SSSR count). The summed E-state index contributed by atoms with van der Waals surface area (Å²) in [4.78, 5) is 26.5. The molecule has 26 heavy (non-hydrogen) atoms. The first-order chi connectivity index (χ1) is 12.5. The lowest BCUT2D eigenvalue weighted by atomic mass is 10.0. The molecule has 0 aliphatic carbocycles. The van der Waals surface area contributed by atoms with Gasteiger partial charge in [0.2, 0.25) is 11.8 Å². The number of benzene rings is 2. The number of carbonyl (C=O) groups excluding carboxylic acids is 2. The molecule has 2 N–H and O–H groups in total. The number of phenols is 1. The number of rotatable bonds is 6. The summed E-state index contributed by atoms with van der Waals surface area (Å²) in [6, 6.07) is 16.6. The molecule has 1 fully saturated rings. The lowest BCUT2D eigenvalue weighted by Gasteiger charge is -2.19. The topological polar surface area (TPSA) is 69.6 Å². The van der Waals surface area contributed by atoms with Crippen LogP contribution in [0.15, 0.2) is 54.6 Å². The second-order valence-corrected chi connectivity index (χ2v) is 6.80. The van der Waals surface area contributed by atoms with Crippen LogP contribution in [-0.2, 0) is 16.0 Å². The Hall–Kier alpha value is -2.82. The summed E-state index contributed by atoms with van der Waals surface area (Å²) in [5.41, 5.74) is 2.02. The van der Waals surface area contributed by atoms with E-state index in [1.54, 1.807) is 23.1 Å². The van der Waals surface area contributed by atoms with E-state index in [4.69, 9.17) is 0 Å². The molecular formula is C21H24N2O3. The van der Waals surface area contributed by atoms with E-state index in [0.717, 1.165) is 12.0 Å². The number of amides is 2. The number of phenolic OH excluding ortho intramolecular Hbond substituents is 1. The quantitative estimate of drug-likeness (QED) is 0.840. The molecule has 5 heteroatoms. The zero-order chi connectivity index (χ0) is 18.5. The maximum Gasteiger partial charge on any atom is 0.225 e. The average molecular weight is 352 g/mol. The van der Waals surface area contributed by atoms with E-state index < -0.39 is 0 Å². The van der Waals surface area contributed by atoms with Crippen LogP contribution in [0.3, 0.4) is 0 Å². The van der Waals surface area contributed by atoms with Crippen LogP contribution in [0.2, 0.25) is 0 Å². The standard InChI is InChI=1S/C21H24N2O3/c1-15(17-8-5-9-19(24)12-17)22-21(26)18-13-20(25)23(14-18)11-10-16-6-3-2-4-7-16/h2-9,12,15,18,24H,10-11,13-14H2,1H3,(H,22,26). The van der Waals surface area contributed by atoms with Crippen molar-refractivity contribution in [3.63, 3.8) is 0 Å². The number of nitrogens with zero attached hydrogens (tertiary/aromatic N) is 1. The summed E-state index contributed by atoms with van der Waals surface area (Å²) in [7, 11) is 0. The van der Waals surface area contributed by atoms with E-state index in [9.17, 15) is 14.7 Å². The Morgan fingerprint density at radius 2 is 2.00 bits per heavy atom. The third-order valence-electron chi connectivity index (χ3n) is 4.83. The predicted molar refractivity (Wildman–Crippen MR) is 99.5 cm³/mol. The van der Waals surface area contributed by atoms with E-state index in [-0.39, 0.29) is 35.9 Å². The number of hydrogen-bond acceptors (Lipinski definition) is 3. The molecule has 1 aliphatic heterocycles. The largest absolute Gasteiger partial charge is 0.508 e. The molecule has 0 bridgehead atoms. The number of hydrogen-bond donors (Lipinski definition) is 2. The van der Waals surface area contributed by atoms with Crippen LogP contribution < -0.4 is 5.32 Å². The SMILES string of the molecule is CC(NC(=O)C1CC(=O)N(CCc2ccccc2)C1)c1cccc(O)c1. The highest BCUT2D eigenvalue weighted by Crippen LogP contribution is 2.22. The number of likely N-dealkylation sites (tertiary alicyclic amines) is 1. The van der Waals surface area contributed by atoms with Gasteiger partial charge in [0.05, 0.1) is 12.0 Å². The van der Waals surface area contributed by atoms with Crippen LogP contribution in [0.5, 0.6) is 5.75 Å². The van der Waals surface area contributed by atoms with Gasteiger partial charge in [0, 0.05) is 19.5 Å². The molecule has 2 amide bonds. The second-order valence-electron chi connectivity index (χ2n) is 6.80. The van der Waals surface area contributed by atoms with Crippen molar-refractivity contribution in [3.8, 4) is 5.75 Å². The van der Waals surface area contributed by atoms with Crippen molar-refractivity contribution in [2.75, 3.05) is 13.1 Å². The van der Waals surface area contributed by atoms with Gasteiger partial charge >= 0.3 is 0 Å². The van der Waals surface area contributed by atoms with Crippen LogP contribution in [0.1, 0.15) is 30.5 Å². The van der Waals surface area contributed by atoms with Crippen molar-refractivity contribution in [1.82, 2.24) is 10.2 Å². The zero-order valence-electron chi connectivity index (χ0n) is 14.9. The van der Waals surface area contributed by atoms with Crippen LogP contribution in [0.4, 0.5) is 0 Å². The highest BCUT2D eigenvalue weighted by molar-refractivity contribution is 5.89. The summed E-state index contributed by atoms with van der Waals surface area (Å²) >= 11 is 0. The van der Waals surface area contributed by atoms with Gasteiger partial charge in [-0.15, -0.1) is 0 Å². The first-order valence-corrected chi connectivity index (χ1v) is 8.94. The Morgan fingerprint density at radius 3 is 2.73 bits per heavy atom. The van der Waals surface area contributed by atoms with Gasteiger partial charge in [-0.05, 0) is 36.6 Å². The fourth-order valence-corrected chi connectivity index (χ4v) is 3.28. The minimum absolute atomic E-state index is 0.0334. The van der Waals surface area contributed by atoms with Crippen LogP contribution in [0, 0.1) is 5.92 Å². The van der Waals surface area contributed by atoms with Crippen molar-refractivity contribution in [3.05, 3.63) is 65.7 Å². The molecule has 1 heterocycles. The summed E-state index contributed by atoms with van der Waals surface area (Å²) in [5, 5.41) is 12.5. The molecule has 5 nitrogen and oxygen atoms in total. The van der Waals surface area contributed by atoms with Crippen molar-refractivity contribution < 1.29 is 14.7 Å². The Kier molecular flexibility index (Phi) is 5.56. The van der Waals surface area contributed by atoms with E-state index in [1.807, 2.05) is 43.3 Å².